The fraction of sp³-hybridized carbons (Fsp3) is 0.833. The molecule has 0 nitrogen and oxygen atoms in total. The van der Waals surface area contributed by atoms with Crippen LogP contribution in [-0.4, -0.2) is 5.92 Å². The average molecular weight is 202 g/mol. The number of alkyl halides is 2. The van der Waals surface area contributed by atoms with Crippen molar-refractivity contribution in [2.24, 2.45) is 5.41 Å². The molecule has 0 aromatic carbocycles. The predicted molar refractivity (Wildman–Crippen MR) is 56.3 cm³/mol. The van der Waals surface area contributed by atoms with Crippen molar-refractivity contribution in [3.8, 4) is 11.8 Å². The minimum absolute atomic E-state index is 0.0611. The Bertz CT molecular complexity index is 218. The molecule has 0 atom stereocenters. The van der Waals surface area contributed by atoms with E-state index in [9.17, 15) is 8.78 Å². The maximum absolute atomic E-state index is 12.7. The molecule has 0 unspecified atom stereocenters. The molecular weight excluding hydrogens is 182 g/mol. The molecule has 0 aliphatic heterocycles. The predicted octanol–water partition coefficient (Wildman–Crippen LogP) is 4.25. The van der Waals surface area contributed by atoms with E-state index < -0.39 is 5.92 Å². The van der Waals surface area contributed by atoms with Crippen LogP contribution in [-0.2, 0) is 0 Å². The summed E-state index contributed by atoms with van der Waals surface area (Å²) in [5.41, 5.74) is 0.0611. The molecule has 0 saturated carbocycles. The third-order valence-corrected chi connectivity index (χ3v) is 2.21. The molecule has 14 heavy (non-hydrogen) atoms. The van der Waals surface area contributed by atoms with Gasteiger partial charge in [-0.15, -0.1) is 0 Å². The average Bonchev–Trinajstić information content (AvgIpc) is 2.03. The van der Waals surface area contributed by atoms with Gasteiger partial charge < -0.3 is 0 Å². The Kier molecular flexibility index (Phi) is 5.12. The van der Waals surface area contributed by atoms with Crippen molar-refractivity contribution in [1.29, 1.82) is 0 Å². The first-order valence-corrected chi connectivity index (χ1v) is 5.21. The number of halogens is 2. The molecule has 0 aromatic heterocycles. The van der Waals surface area contributed by atoms with Crippen LogP contribution in [0.4, 0.5) is 8.78 Å². The van der Waals surface area contributed by atoms with Crippen LogP contribution in [0.5, 0.6) is 0 Å². The van der Waals surface area contributed by atoms with E-state index in [0.717, 1.165) is 12.8 Å². The Balaban J connectivity index is 4.15. The SMILES string of the molecule is CCCC(C)(C)CC#CC(F)(F)CC. The van der Waals surface area contributed by atoms with Crippen LogP contribution < -0.4 is 0 Å². The first-order chi connectivity index (χ1) is 6.33. The second kappa shape index (κ2) is 5.34. The number of rotatable bonds is 4. The summed E-state index contributed by atoms with van der Waals surface area (Å²) in [4.78, 5) is 0. The highest BCUT2D eigenvalue weighted by molar-refractivity contribution is 5.10. The Morgan fingerprint density at radius 2 is 1.71 bits per heavy atom. The summed E-state index contributed by atoms with van der Waals surface area (Å²) in [6.07, 6.45) is 2.45. The van der Waals surface area contributed by atoms with Crippen LogP contribution in [0.15, 0.2) is 0 Å². The van der Waals surface area contributed by atoms with Crippen molar-refractivity contribution in [3.63, 3.8) is 0 Å². The highest BCUT2D eigenvalue weighted by atomic mass is 19.3. The molecule has 0 fully saturated rings. The quantitative estimate of drug-likeness (QED) is 0.598. The maximum Gasteiger partial charge on any atom is 0.307 e. The molecule has 0 rings (SSSR count). The van der Waals surface area contributed by atoms with Gasteiger partial charge in [0, 0.05) is 12.8 Å². The van der Waals surface area contributed by atoms with Crippen LogP contribution in [0, 0.1) is 17.3 Å². The second-order valence-electron chi connectivity index (χ2n) is 4.45. The lowest BCUT2D eigenvalue weighted by molar-refractivity contribution is 0.0621. The van der Waals surface area contributed by atoms with E-state index in [1.54, 1.807) is 0 Å². The first kappa shape index (κ1) is 13.4. The fourth-order valence-electron chi connectivity index (χ4n) is 1.27. The topological polar surface area (TPSA) is 0 Å². The lowest BCUT2D eigenvalue weighted by Gasteiger charge is -2.20. The van der Waals surface area contributed by atoms with Crippen molar-refractivity contribution >= 4 is 0 Å². The molecule has 0 aromatic rings. The van der Waals surface area contributed by atoms with E-state index >= 15 is 0 Å². The third kappa shape index (κ3) is 5.96. The van der Waals surface area contributed by atoms with E-state index in [1.807, 2.05) is 5.92 Å². The van der Waals surface area contributed by atoms with Gasteiger partial charge in [-0.25, -0.2) is 0 Å². The van der Waals surface area contributed by atoms with Gasteiger partial charge in [0.25, 0.3) is 0 Å². The van der Waals surface area contributed by atoms with Crippen molar-refractivity contribution in [2.45, 2.75) is 59.3 Å². The molecule has 82 valence electrons. The van der Waals surface area contributed by atoms with Crippen molar-refractivity contribution < 1.29 is 8.78 Å². The van der Waals surface area contributed by atoms with Gasteiger partial charge in [0.1, 0.15) is 0 Å². The molecule has 0 saturated heterocycles. The van der Waals surface area contributed by atoms with Gasteiger partial charge in [-0.3, -0.25) is 0 Å². The van der Waals surface area contributed by atoms with Gasteiger partial charge >= 0.3 is 5.92 Å². The van der Waals surface area contributed by atoms with Gasteiger partial charge in [-0.05, 0) is 17.8 Å². The summed E-state index contributed by atoms with van der Waals surface area (Å²) >= 11 is 0. The van der Waals surface area contributed by atoms with Gasteiger partial charge in [0.2, 0.25) is 0 Å². The molecule has 0 spiro atoms. The van der Waals surface area contributed by atoms with Crippen LogP contribution in [0.1, 0.15) is 53.4 Å². The summed E-state index contributed by atoms with van der Waals surface area (Å²) in [6, 6.07) is 0. The molecule has 0 radical (unpaired) electrons. The summed E-state index contributed by atoms with van der Waals surface area (Å²) in [5, 5.41) is 0. The third-order valence-electron chi connectivity index (χ3n) is 2.21. The minimum atomic E-state index is -2.80. The molecule has 0 aliphatic carbocycles. The summed E-state index contributed by atoms with van der Waals surface area (Å²) < 4.78 is 25.5. The molecular formula is C12H20F2. The highest BCUT2D eigenvalue weighted by Gasteiger charge is 2.22. The molecule has 2 heteroatoms. The van der Waals surface area contributed by atoms with E-state index in [1.165, 1.54) is 6.92 Å². The normalized spacial score (nSPS) is 12.1. The zero-order chi connectivity index (χ0) is 11.2. The van der Waals surface area contributed by atoms with Gasteiger partial charge in [-0.1, -0.05) is 40.0 Å². The first-order valence-electron chi connectivity index (χ1n) is 5.21. The van der Waals surface area contributed by atoms with Crippen molar-refractivity contribution in [3.05, 3.63) is 0 Å². The lowest BCUT2D eigenvalue weighted by Crippen LogP contribution is -2.12. The van der Waals surface area contributed by atoms with E-state index in [-0.39, 0.29) is 11.8 Å². The standard InChI is InChI=1S/C12H20F2/c1-5-8-11(3,4)9-7-10-12(13,14)6-2/h5-6,8-9H2,1-4H3. The van der Waals surface area contributed by atoms with Crippen molar-refractivity contribution in [1.82, 2.24) is 0 Å². The van der Waals surface area contributed by atoms with Crippen LogP contribution in [0.3, 0.4) is 0 Å². The van der Waals surface area contributed by atoms with E-state index in [0.29, 0.717) is 6.42 Å². The van der Waals surface area contributed by atoms with Gasteiger partial charge in [0.05, 0.1) is 0 Å². The molecule has 0 aliphatic rings. The number of hydrogen-bond acceptors (Lipinski definition) is 0. The van der Waals surface area contributed by atoms with Crippen LogP contribution >= 0.6 is 0 Å². The summed E-state index contributed by atoms with van der Waals surface area (Å²) in [5.74, 6) is 1.84. The maximum atomic E-state index is 12.7. The Labute approximate surface area is 86.1 Å². The van der Waals surface area contributed by atoms with Crippen molar-refractivity contribution in [2.75, 3.05) is 0 Å². The van der Waals surface area contributed by atoms with E-state index in [2.05, 4.69) is 26.7 Å². The van der Waals surface area contributed by atoms with Crippen LogP contribution in [0.25, 0.3) is 0 Å². The molecule has 0 bridgehead atoms. The molecule has 0 amide bonds. The Morgan fingerprint density at radius 1 is 1.14 bits per heavy atom. The minimum Gasteiger partial charge on any atom is -0.192 e. The lowest BCUT2D eigenvalue weighted by atomic mass is 9.85. The fourth-order valence-corrected chi connectivity index (χ4v) is 1.27. The monoisotopic (exact) mass is 202 g/mol. The Morgan fingerprint density at radius 3 is 2.14 bits per heavy atom. The summed E-state index contributed by atoms with van der Waals surface area (Å²) in [7, 11) is 0. The zero-order valence-corrected chi connectivity index (χ0v) is 9.58. The van der Waals surface area contributed by atoms with Crippen LogP contribution in [0.2, 0.25) is 0 Å². The molecule has 0 heterocycles. The zero-order valence-electron chi connectivity index (χ0n) is 9.58. The Hall–Kier alpha value is -0.580. The van der Waals surface area contributed by atoms with Gasteiger partial charge in [-0.2, -0.15) is 8.78 Å². The highest BCUT2D eigenvalue weighted by Crippen LogP contribution is 2.26. The number of hydrogen-bond donors (Lipinski definition) is 0. The second-order valence-corrected chi connectivity index (χ2v) is 4.45. The van der Waals surface area contributed by atoms with E-state index in [4.69, 9.17) is 0 Å². The molecule has 0 N–H and O–H groups in total. The summed E-state index contributed by atoms with van der Waals surface area (Å²) in [6.45, 7) is 7.67. The smallest absolute Gasteiger partial charge is 0.192 e. The largest absolute Gasteiger partial charge is 0.307 e. The van der Waals surface area contributed by atoms with Gasteiger partial charge in [0.15, 0.2) is 0 Å².